The molecule has 0 aliphatic heterocycles. The van der Waals surface area contributed by atoms with Crippen molar-refractivity contribution in [3.63, 3.8) is 0 Å². The third-order valence-corrected chi connectivity index (χ3v) is 7.12. The number of carbonyl (C=O) groups excluding carboxylic acids is 2. The lowest BCUT2D eigenvalue weighted by Crippen LogP contribution is -2.51. The van der Waals surface area contributed by atoms with Gasteiger partial charge in [-0.3, -0.25) is 13.9 Å². The highest BCUT2D eigenvalue weighted by molar-refractivity contribution is 7.92. The fourth-order valence-electron chi connectivity index (χ4n) is 3.48. The van der Waals surface area contributed by atoms with Crippen molar-refractivity contribution in [2.24, 2.45) is 5.92 Å². The number of anilines is 1. The highest BCUT2D eigenvalue weighted by Crippen LogP contribution is 2.36. The van der Waals surface area contributed by atoms with E-state index in [4.69, 9.17) is 11.6 Å². The Bertz CT molecular complexity index is 1240. The summed E-state index contributed by atoms with van der Waals surface area (Å²) in [5.74, 6) is -1.08. The van der Waals surface area contributed by atoms with Crippen LogP contribution >= 0.6 is 11.6 Å². The molecule has 1 atom stereocenters. The van der Waals surface area contributed by atoms with Crippen LogP contribution in [0.15, 0.2) is 42.5 Å². The third-order valence-electron chi connectivity index (χ3n) is 5.68. The predicted octanol–water partition coefficient (Wildman–Crippen LogP) is 4.62. The average molecular weight is 562 g/mol. The van der Waals surface area contributed by atoms with Gasteiger partial charge in [0.05, 0.1) is 22.5 Å². The molecule has 12 heteroatoms. The molecule has 204 valence electrons. The summed E-state index contributed by atoms with van der Waals surface area (Å²) in [6, 6.07) is 8.41. The van der Waals surface area contributed by atoms with Gasteiger partial charge in [0, 0.05) is 13.1 Å². The van der Waals surface area contributed by atoms with E-state index in [0.29, 0.717) is 16.9 Å². The molecule has 37 heavy (non-hydrogen) atoms. The van der Waals surface area contributed by atoms with Gasteiger partial charge in [0.15, 0.2) is 0 Å². The molecule has 0 heterocycles. The van der Waals surface area contributed by atoms with Crippen molar-refractivity contribution in [2.45, 2.75) is 46.5 Å². The minimum atomic E-state index is -4.76. The van der Waals surface area contributed by atoms with Gasteiger partial charge >= 0.3 is 6.18 Å². The standard InChI is InChI=1S/C25H31ClF3N3O4S/c1-16(2)13-30-24(34)18(4)31(14-19-9-7-6-8-17(19)3)23(33)15-32(37(5,35)36)22-12-20(25(27,28)29)10-11-21(22)26/h6-12,16,18H,13-15H2,1-5H3,(H,30,34)/t18-/m1/s1. The van der Waals surface area contributed by atoms with E-state index in [9.17, 15) is 31.2 Å². The Morgan fingerprint density at radius 1 is 1.08 bits per heavy atom. The summed E-state index contributed by atoms with van der Waals surface area (Å²) in [7, 11) is -4.25. The Kier molecular flexibility index (Phi) is 10.0. The summed E-state index contributed by atoms with van der Waals surface area (Å²) >= 11 is 6.08. The Labute approximate surface area is 220 Å². The van der Waals surface area contributed by atoms with Crippen LogP contribution in [0.2, 0.25) is 5.02 Å². The first kappa shape index (κ1) is 30.4. The van der Waals surface area contributed by atoms with Crippen molar-refractivity contribution in [3.8, 4) is 0 Å². The largest absolute Gasteiger partial charge is 0.416 e. The molecular weight excluding hydrogens is 531 g/mol. The molecule has 2 amide bonds. The van der Waals surface area contributed by atoms with E-state index in [0.717, 1.165) is 29.5 Å². The molecule has 0 spiro atoms. The maximum atomic E-state index is 13.5. The lowest BCUT2D eigenvalue weighted by Gasteiger charge is -2.32. The van der Waals surface area contributed by atoms with Gasteiger partial charge in [0.1, 0.15) is 12.6 Å². The van der Waals surface area contributed by atoms with Crippen LogP contribution in [0.25, 0.3) is 0 Å². The minimum Gasteiger partial charge on any atom is -0.354 e. The fourth-order valence-corrected chi connectivity index (χ4v) is 4.60. The Balaban J connectivity index is 2.49. The number of rotatable bonds is 10. The van der Waals surface area contributed by atoms with Crippen LogP contribution in [0.3, 0.4) is 0 Å². The maximum Gasteiger partial charge on any atom is 0.416 e. The molecule has 1 N–H and O–H groups in total. The lowest BCUT2D eigenvalue weighted by atomic mass is 10.1. The number of sulfonamides is 1. The van der Waals surface area contributed by atoms with Crippen molar-refractivity contribution < 1.29 is 31.2 Å². The van der Waals surface area contributed by atoms with Crippen LogP contribution in [0.4, 0.5) is 18.9 Å². The summed E-state index contributed by atoms with van der Waals surface area (Å²) < 4.78 is 65.8. The number of hydrogen-bond acceptors (Lipinski definition) is 4. The Morgan fingerprint density at radius 3 is 2.24 bits per heavy atom. The van der Waals surface area contributed by atoms with E-state index in [1.807, 2.05) is 32.9 Å². The van der Waals surface area contributed by atoms with E-state index in [1.54, 1.807) is 12.1 Å². The van der Waals surface area contributed by atoms with E-state index < -0.39 is 51.9 Å². The maximum absolute atomic E-state index is 13.5. The topological polar surface area (TPSA) is 86.8 Å². The molecule has 2 aromatic rings. The first-order chi connectivity index (χ1) is 17.0. The van der Waals surface area contributed by atoms with Crippen molar-refractivity contribution in [2.75, 3.05) is 23.7 Å². The zero-order valence-electron chi connectivity index (χ0n) is 21.3. The lowest BCUT2D eigenvalue weighted by molar-refractivity contribution is -0.139. The Morgan fingerprint density at radius 2 is 1.70 bits per heavy atom. The van der Waals surface area contributed by atoms with Crippen molar-refractivity contribution in [3.05, 3.63) is 64.2 Å². The first-order valence-electron chi connectivity index (χ1n) is 11.5. The minimum absolute atomic E-state index is 0.0182. The number of amides is 2. The fraction of sp³-hybridized carbons (Fsp3) is 0.440. The number of alkyl halides is 3. The zero-order chi connectivity index (χ0) is 28.1. The molecule has 0 unspecified atom stereocenters. The van der Waals surface area contributed by atoms with Gasteiger partial charge in [-0.15, -0.1) is 0 Å². The smallest absolute Gasteiger partial charge is 0.354 e. The zero-order valence-corrected chi connectivity index (χ0v) is 22.8. The number of hydrogen-bond donors (Lipinski definition) is 1. The predicted molar refractivity (Wildman–Crippen MR) is 138 cm³/mol. The monoisotopic (exact) mass is 561 g/mol. The number of aryl methyl sites for hydroxylation is 1. The molecule has 2 rings (SSSR count). The molecule has 7 nitrogen and oxygen atoms in total. The Hall–Kier alpha value is -2.79. The number of halogens is 4. The highest BCUT2D eigenvalue weighted by atomic mass is 35.5. The summed E-state index contributed by atoms with van der Waals surface area (Å²) in [6.07, 6.45) is -3.99. The van der Waals surface area contributed by atoms with E-state index >= 15 is 0 Å². The number of nitrogens with one attached hydrogen (secondary N) is 1. The SMILES string of the molecule is Cc1ccccc1CN(C(=O)CN(c1cc(C(F)(F)F)ccc1Cl)S(C)(=O)=O)[C@H](C)C(=O)NCC(C)C. The number of nitrogens with zero attached hydrogens (tertiary/aromatic N) is 2. The summed E-state index contributed by atoms with van der Waals surface area (Å²) in [5.41, 5.74) is -0.0374. The summed E-state index contributed by atoms with van der Waals surface area (Å²) in [4.78, 5) is 27.6. The van der Waals surface area contributed by atoms with E-state index in [-0.39, 0.29) is 17.5 Å². The second-order valence-electron chi connectivity index (χ2n) is 9.20. The van der Waals surface area contributed by atoms with Crippen LogP contribution in [-0.4, -0.2) is 50.5 Å². The van der Waals surface area contributed by atoms with Crippen molar-refractivity contribution in [1.82, 2.24) is 10.2 Å². The van der Waals surface area contributed by atoms with Gasteiger partial charge in [-0.1, -0.05) is 49.7 Å². The second kappa shape index (κ2) is 12.2. The number of carbonyl (C=O) groups is 2. The molecule has 0 saturated heterocycles. The summed E-state index contributed by atoms with van der Waals surface area (Å²) in [6.45, 7) is 6.64. The van der Waals surface area contributed by atoms with Crippen LogP contribution in [-0.2, 0) is 32.3 Å². The van der Waals surface area contributed by atoms with Crippen molar-refractivity contribution in [1.29, 1.82) is 0 Å². The molecule has 0 aliphatic rings. The molecule has 0 radical (unpaired) electrons. The first-order valence-corrected chi connectivity index (χ1v) is 13.7. The molecule has 2 aromatic carbocycles. The van der Waals surface area contributed by atoms with Gasteiger partial charge < -0.3 is 10.2 Å². The number of benzene rings is 2. The van der Waals surface area contributed by atoms with Gasteiger partial charge in [-0.05, 0) is 49.1 Å². The molecule has 0 bridgehead atoms. The quantitative estimate of drug-likeness (QED) is 0.458. The molecule has 0 aliphatic carbocycles. The third kappa shape index (κ3) is 8.36. The van der Waals surface area contributed by atoms with Crippen molar-refractivity contribution >= 4 is 39.1 Å². The van der Waals surface area contributed by atoms with Crippen LogP contribution < -0.4 is 9.62 Å². The average Bonchev–Trinajstić information content (AvgIpc) is 2.79. The van der Waals surface area contributed by atoms with Crippen LogP contribution in [0, 0.1) is 12.8 Å². The molecule has 0 fully saturated rings. The highest BCUT2D eigenvalue weighted by Gasteiger charge is 2.34. The van der Waals surface area contributed by atoms with Gasteiger partial charge in [-0.2, -0.15) is 13.2 Å². The van der Waals surface area contributed by atoms with Crippen LogP contribution in [0.5, 0.6) is 0 Å². The molecular formula is C25H31ClF3N3O4S. The van der Waals surface area contributed by atoms with E-state index in [1.165, 1.54) is 11.8 Å². The second-order valence-corrected chi connectivity index (χ2v) is 11.5. The molecule has 0 aromatic heterocycles. The van der Waals surface area contributed by atoms with Gasteiger partial charge in [0.25, 0.3) is 0 Å². The van der Waals surface area contributed by atoms with Crippen LogP contribution in [0.1, 0.15) is 37.5 Å². The summed E-state index contributed by atoms with van der Waals surface area (Å²) in [5, 5.41) is 2.48. The van der Waals surface area contributed by atoms with Gasteiger partial charge in [-0.25, -0.2) is 8.42 Å². The van der Waals surface area contributed by atoms with Gasteiger partial charge in [0.2, 0.25) is 21.8 Å². The molecule has 0 saturated carbocycles. The normalized spacial score (nSPS) is 12.8. The van der Waals surface area contributed by atoms with E-state index in [2.05, 4.69) is 5.32 Å².